The van der Waals surface area contributed by atoms with Gasteiger partial charge in [-0.2, -0.15) is 0 Å². The minimum absolute atomic E-state index is 0.491. The maximum absolute atomic E-state index is 5.39. The quantitative estimate of drug-likeness (QED) is 0.803. The van der Waals surface area contributed by atoms with E-state index in [1.165, 1.54) is 5.52 Å². The van der Waals surface area contributed by atoms with Gasteiger partial charge in [0, 0.05) is 11.6 Å². The number of methoxy groups -OCH3 is 1. The van der Waals surface area contributed by atoms with Crippen LogP contribution >= 0.6 is 0 Å². The fourth-order valence-corrected chi connectivity index (χ4v) is 3.44. The Balaban J connectivity index is 1.90. The molecule has 4 heteroatoms. The number of hydrogen-bond donors (Lipinski definition) is 1. The second kappa shape index (κ2) is 6.05. The molecular formula is C19H21N3O. The molecule has 0 amide bonds. The van der Waals surface area contributed by atoms with Crippen molar-refractivity contribution >= 4 is 11.0 Å². The summed E-state index contributed by atoms with van der Waals surface area (Å²) in [7, 11) is 1.70. The van der Waals surface area contributed by atoms with Gasteiger partial charge in [-0.25, -0.2) is 4.98 Å². The average molecular weight is 307 g/mol. The van der Waals surface area contributed by atoms with Gasteiger partial charge in [0.25, 0.3) is 0 Å². The zero-order chi connectivity index (χ0) is 15.6. The number of piperidine rings is 1. The van der Waals surface area contributed by atoms with Crippen LogP contribution in [-0.2, 0) is 0 Å². The molecule has 1 aliphatic rings. The molecule has 4 rings (SSSR count). The van der Waals surface area contributed by atoms with Crippen molar-refractivity contribution in [2.24, 2.45) is 0 Å². The van der Waals surface area contributed by atoms with E-state index in [0.717, 1.165) is 48.6 Å². The third kappa shape index (κ3) is 2.59. The number of hydrogen-bond acceptors (Lipinski definition) is 3. The molecule has 0 bridgehead atoms. The minimum Gasteiger partial charge on any atom is -0.497 e. The number of benzene rings is 2. The lowest BCUT2D eigenvalue weighted by atomic mass is 10.1. The Labute approximate surface area is 136 Å². The van der Waals surface area contributed by atoms with E-state index in [1.54, 1.807) is 7.11 Å². The summed E-state index contributed by atoms with van der Waals surface area (Å²) < 4.78 is 7.81. The van der Waals surface area contributed by atoms with Gasteiger partial charge >= 0.3 is 0 Å². The molecule has 0 saturated carbocycles. The predicted octanol–water partition coefficient (Wildman–Crippen LogP) is 3.64. The third-order valence-electron chi connectivity index (χ3n) is 4.60. The van der Waals surface area contributed by atoms with Crippen LogP contribution in [0.2, 0.25) is 0 Å². The Morgan fingerprint density at radius 3 is 2.74 bits per heavy atom. The van der Waals surface area contributed by atoms with Crippen molar-refractivity contribution in [1.82, 2.24) is 14.9 Å². The highest BCUT2D eigenvalue weighted by molar-refractivity contribution is 5.81. The zero-order valence-corrected chi connectivity index (χ0v) is 13.3. The van der Waals surface area contributed by atoms with E-state index in [4.69, 9.17) is 9.72 Å². The molecule has 1 N–H and O–H groups in total. The van der Waals surface area contributed by atoms with Gasteiger partial charge in [0.1, 0.15) is 11.6 Å². The van der Waals surface area contributed by atoms with Gasteiger partial charge in [0.05, 0.1) is 18.1 Å². The number of fused-ring (bicyclic) bond motifs is 1. The molecule has 3 aromatic rings. The van der Waals surface area contributed by atoms with Crippen LogP contribution in [0.5, 0.6) is 5.75 Å². The zero-order valence-electron chi connectivity index (χ0n) is 13.3. The highest BCUT2D eigenvalue weighted by Gasteiger charge is 2.22. The van der Waals surface area contributed by atoms with E-state index in [9.17, 15) is 0 Å². The molecule has 23 heavy (non-hydrogen) atoms. The van der Waals surface area contributed by atoms with Crippen LogP contribution in [0.25, 0.3) is 22.4 Å². The van der Waals surface area contributed by atoms with E-state index in [2.05, 4.69) is 46.3 Å². The number of ether oxygens (including phenoxy) is 1. The van der Waals surface area contributed by atoms with Gasteiger partial charge in [0.2, 0.25) is 0 Å². The maximum Gasteiger partial charge on any atom is 0.141 e. The second-order valence-corrected chi connectivity index (χ2v) is 6.01. The van der Waals surface area contributed by atoms with Crippen molar-refractivity contribution in [3.63, 3.8) is 0 Å². The second-order valence-electron chi connectivity index (χ2n) is 6.01. The van der Waals surface area contributed by atoms with E-state index in [0.29, 0.717) is 6.04 Å². The first-order chi connectivity index (χ1) is 11.4. The van der Waals surface area contributed by atoms with Crippen molar-refractivity contribution in [2.45, 2.75) is 18.9 Å². The number of rotatable bonds is 3. The molecule has 118 valence electrons. The van der Waals surface area contributed by atoms with Crippen LogP contribution in [-0.4, -0.2) is 29.8 Å². The third-order valence-corrected chi connectivity index (χ3v) is 4.60. The maximum atomic E-state index is 5.39. The van der Waals surface area contributed by atoms with E-state index in [-0.39, 0.29) is 0 Å². The highest BCUT2D eigenvalue weighted by atomic mass is 16.5. The van der Waals surface area contributed by atoms with Crippen LogP contribution in [0.4, 0.5) is 0 Å². The van der Waals surface area contributed by atoms with Gasteiger partial charge in [-0.1, -0.05) is 24.3 Å². The molecule has 2 aromatic carbocycles. The summed E-state index contributed by atoms with van der Waals surface area (Å²) in [4.78, 5) is 4.92. The minimum atomic E-state index is 0.491. The van der Waals surface area contributed by atoms with Crippen LogP contribution in [0.15, 0.2) is 48.5 Å². The summed E-state index contributed by atoms with van der Waals surface area (Å²) >= 11 is 0. The molecule has 1 aliphatic heterocycles. The van der Waals surface area contributed by atoms with E-state index >= 15 is 0 Å². The first kappa shape index (κ1) is 14.3. The molecule has 1 aromatic heterocycles. The Kier molecular flexibility index (Phi) is 3.75. The molecule has 0 atom stereocenters. The first-order valence-corrected chi connectivity index (χ1v) is 8.19. The van der Waals surface area contributed by atoms with Crippen LogP contribution in [0, 0.1) is 0 Å². The molecule has 1 fully saturated rings. The van der Waals surface area contributed by atoms with Crippen LogP contribution < -0.4 is 10.1 Å². The number of para-hydroxylation sites is 2. The SMILES string of the molecule is COc1cccc(-c2nc3ccccc3n2C2CCNCC2)c1. The van der Waals surface area contributed by atoms with Crippen molar-refractivity contribution < 1.29 is 4.74 Å². The summed E-state index contributed by atoms with van der Waals surface area (Å²) in [5.41, 5.74) is 3.39. The number of nitrogens with one attached hydrogen (secondary N) is 1. The Hall–Kier alpha value is -2.33. The van der Waals surface area contributed by atoms with E-state index in [1.807, 2.05) is 12.1 Å². The topological polar surface area (TPSA) is 39.1 Å². The van der Waals surface area contributed by atoms with Gasteiger partial charge in [0.15, 0.2) is 0 Å². The van der Waals surface area contributed by atoms with Crippen LogP contribution in [0.1, 0.15) is 18.9 Å². The van der Waals surface area contributed by atoms with Crippen LogP contribution in [0.3, 0.4) is 0 Å². The Bertz CT molecular complexity index is 818. The number of nitrogens with zero attached hydrogens (tertiary/aromatic N) is 2. The predicted molar refractivity (Wildman–Crippen MR) is 92.9 cm³/mol. The molecule has 0 radical (unpaired) electrons. The normalized spacial score (nSPS) is 15.9. The summed E-state index contributed by atoms with van der Waals surface area (Å²) in [5.74, 6) is 1.91. The standard InChI is InChI=1S/C19H21N3O/c1-23-16-6-4-5-14(13-16)19-21-17-7-2-3-8-18(17)22(19)15-9-11-20-12-10-15/h2-8,13,15,20H,9-12H2,1H3. The average Bonchev–Trinajstić information content (AvgIpc) is 3.02. The van der Waals surface area contributed by atoms with Gasteiger partial charge in [-0.15, -0.1) is 0 Å². The van der Waals surface area contributed by atoms with Gasteiger partial charge < -0.3 is 14.6 Å². The summed E-state index contributed by atoms with van der Waals surface area (Å²) in [6.45, 7) is 2.13. The lowest BCUT2D eigenvalue weighted by Gasteiger charge is -2.26. The number of aromatic nitrogens is 2. The van der Waals surface area contributed by atoms with Crippen molar-refractivity contribution in [2.75, 3.05) is 20.2 Å². The summed E-state index contributed by atoms with van der Waals surface area (Å²) in [5, 5.41) is 3.45. The smallest absolute Gasteiger partial charge is 0.141 e. The molecule has 0 unspecified atom stereocenters. The highest BCUT2D eigenvalue weighted by Crippen LogP contribution is 2.33. The summed E-state index contributed by atoms with van der Waals surface area (Å²) in [6.07, 6.45) is 2.27. The largest absolute Gasteiger partial charge is 0.497 e. The fourth-order valence-electron chi connectivity index (χ4n) is 3.44. The molecule has 4 nitrogen and oxygen atoms in total. The van der Waals surface area contributed by atoms with Crippen molar-refractivity contribution in [3.05, 3.63) is 48.5 Å². The fraction of sp³-hybridized carbons (Fsp3) is 0.316. The van der Waals surface area contributed by atoms with Crippen molar-refractivity contribution in [1.29, 1.82) is 0 Å². The molecule has 0 aliphatic carbocycles. The van der Waals surface area contributed by atoms with Gasteiger partial charge in [-0.3, -0.25) is 0 Å². The summed E-state index contributed by atoms with van der Waals surface area (Å²) in [6, 6.07) is 17.1. The van der Waals surface area contributed by atoms with Crippen molar-refractivity contribution in [3.8, 4) is 17.1 Å². The number of imidazole rings is 1. The molecule has 0 spiro atoms. The van der Waals surface area contributed by atoms with E-state index < -0.39 is 0 Å². The lowest BCUT2D eigenvalue weighted by molar-refractivity contribution is 0.377. The molecule has 2 heterocycles. The molecule has 1 saturated heterocycles. The monoisotopic (exact) mass is 307 g/mol. The lowest BCUT2D eigenvalue weighted by Crippen LogP contribution is -2.29. The Morgan fingerprint density at radius 1 is 1.09 bits per heavy atom. The Morgan fingerprint density at radius 2 is 1.91 bits per heavy atom. The van der Waals surface area contributed by atoms with Gasteiger partial charge in [-0.05, 0) is 50.2 Å². The first-order valence-electron chi connectivity index (χ1n) is 8.19. The molecular weight excluding hydrogens is 286 g/mol.